The highest BCUT2D eigenvalue weighted by Crippen LogP contribution is 2.37. The van der Waals surface area contributed by atoms with Crippen LogP contribution in [0.5, 0.6) is 0 Å². The third-order valence-electron chi connectivity index (χ3n) is 6.98. The molecule has 3 heterocycles. The number of thiophene rings is 1. The Morgan fingerprint density at radius 1 is 1.16 bits per heavy atom. The zero-order valence-corrected chi connectivity index (χ0v) is 19.4. The van der Waals surface area contributed by atoms with Crippen LogP contribution in [0.3, 0.4) is 0 Å². The molecule has 0 saturated heterocycles. The van der Waals surface area contributed by atoms with Gasteiger partial charge in [0, 0.05) is 11.4 Å². The molecule has 1 aliphatic carbocycles. The van der Waals surface area contributed by atoms with Crippen LogP contribution < -0.4 is 5.63 Å². The quantitative estimate of drug-likeness (QED) is 0.339. The summed E-state index contributed by atoms with van der Waals surface area (Å²) in [5.74, 6) is 1.67. The zero-order chi connectivity index (χ0) is 22.4. The standard InChI is InChI=1S/C26H27NO4S/c1-15-9-10-22-19(12-15)24-20(26(29)31-22)13-23(32-24)25(28)27(14-18-7-5-11-30-18)21-8-4-6-16(2)17(21)3/h5,7,9-13,16-17,21H,4,6,8,14H2,1-3H3/t16-,17-,21+/m0/s1. The van der Waals surface area contributed by atoms with Crippen LogP contribution in [0.4, 0.5) is 0 Å². The molecule has 0 radical (unpaired) electrons. The molecule has 1 amide bonds. The molecule has 1 fully saturated rings. The molecular formula is C26H27NO4S. The number of rotatable bonds is 4. The highest BCUT2D eigenvalue weighted by Gasteiger charge is 2.35. The van der Waals surface area contributed by atoms with E-state index in [0.717, 1.165) is 34.3 Å². The summed E-state index contributed by atoms with van der Waals surface area (Å²) in [7, 11) is 0. The minimum atomic E-state index is -0.399. The Morgan fingerprint density at radius 2 is 2.00 bits per heavy atom. The lowest BCUT2D eigenvalue weighted by molar-refractivity contribution is 0.0432. The Labute approximate surface area is 190 Å². The maximum Gasteiger partial charge on any atom is 0.345 e. The maximum atomic E-state index is 13.9. The monoisotopic (exact) mass is 449 g/mol. The second kappa shape index (κ2) is 8.24. The summed E-state index contributed by atoms with van der Waals surface area (Å²) in [4.78, 5) is 29.0. The second-order valence-electron chi connectivity index (χ2n) is 9.09. The average molecular weight is 450 g/mol. The number of aryl methyl sites for hydroxylation is 1. The van der Waals surface area contributed by atoms with Crippen molar-refractivity contribution in [3.63, 3.8) is 0 Å². The molecule has 6 heteroatoms. The van der Waals surface area contributed by atoms with Crippen molar-refractivity contribution in [1.29, 1.82) is 0 Å². The first-order valence-electron chi connectivity index (χ1n) is 11.2. The lowest BCUT2D eigenvalue weighted by Gasteiger charge is -2.41. The van der Waals surface area contributed by atoms with Gasteiger partial charge < -0.3 is 13.7 Å². The smallest absolute Gasteiger partial charge is 0.345 e. The van der Waals surface area contributed by atoms with Gasteiger partial charge in [0.2, 0.25) is 0 Å². The number of hydrogen-bond acceptors (Lipinski definition) is 5. The van der Waals surface area contributed by atoms with Crippen LogP contribution >= 0.6 is 11.3 Å². The summed E-state index contributed by atoms with van der Waals surface area (Å²) in [5, 5.41) is 1.35. The molecule has 5 nitrogen and oxygen atoms in total. The van der Waals surface area contributed by atoms with Crippen molar-refractivity contribution in [2.75, 3.05) is 0 Å². The van der Waals surface area contributed by atoms with Crippen molar-refractivity contribution in [3.8, 4) is 0 Å². The van der Waals surface area contributed by atoms with Gasteiger partial charge in [-0.1, -0.05) is 38.3 Å². The lowest BCUT2D eigenvalue weighted by Crippen LogP contribution is -2.46. The van der Waals surface area contributed by atoms with Crippen molar-refractivity contribution in [2.45, 2.75) is 52.6 Å². The van der Waals surface area contributed by atoms with Gasteiger partial charge in [-0.15, -0.1) is 11.3 Å². The molecule has 0 aliphatic heterocycles. The molecule has 3 atom stereocenters. The second-order valence-corrected chi connectivity index (χ2v) is 10.1. The van der Waals surface area contributed by atoms with E-state index in [4.69, 9.17) is 8.83 Å². The van der Waals surface area contributed by atoms with Gasteiger partial charge in [0.05, 0.1) is 27.8 Å². The molecule has 1 aliphatic rings. The van der Waals surface area contributed by atoms with Gasteiger partial charge in [0.25, 0.3) is 5.91 Å². The van der Waals surface area contributed by atoms with Crippen LogP contribution in [-0.2, 0) is 6.54 Å². The number of amides is 1. The van der Waals surface area contributed by atoms with E-state index < -0.39 is 5.63 Å². The van der Waals surface area contributed by atoms with E-state index in [1.165, 1.54) is 17.8 Å². The minimum Gasteiger partial charge on any atom is -0.467 e. The van der Waals surface area contributed by atoms with Crippen molar-refractivity contribution >= 4 is 38.3 Å². The van der Waals surface area contributed by atoms with E-state index in [-0.39, 0.29) is 11.9 Å². The summed E-state index contributed by atoms with van der Waals surface area (Å²) < 4.78 is 11.9. The first-order chi connectivity index (χ1) is 15.4. The Hall–Kier alpha value is -2.86. The van der Waals surface area contributed by atoms with Crippen LogP contribution in [0.2, 0.25) is 0 Å². The van der Waals surface area contributed by atoms with E-state index in [9.17, 15) is 9.59 Å². The molecule has 0 unspecified atom stereocenters. The molecule has 32 heavy (non-hydrogen) atoms. The Balaban J connectivity index is 1.60. The molecule has 1 saturated carbocycles. The first-order valence-corrected chi connectivity index (χ1v) is 12.0. The number of furan rings is 1. The Bertz CT molecular complexity index is 1330. The normalized spacial score (nSPS) is 21.3. The number of fused-ring (bicyclic) bond motifs is 3. The summed E-state index contributed by atoms with van der Waals surface area (Å²) in [6.45, 7) is 6.95. The van der Waals surface area contributed by atoms with Crippen LogP contribution in [0.1, 0.15) is 54.1 Å². The molecule has 3 aromatic heterocycles. The lowest BCUT2D eigenvalue weighted by atomic mass is 9.77. The molecule has 5 rings (SSSR count). The number of benzene rings is 1. The third kappa shape index (κ3) is 3.66. The van der Waals surface area contributed by atoms with E-state index in [0.29, 0.717) is 34.2 Å². The fourth-order valence-corrected chi connectivity index (χ4v) is 6.08. The van der Waals surface area contributed by atoms with Gasteiger partial charge in [0.15, 0.2) is 0 Å². The van der Waals surface area contributed by atoms with Crippen molar-refractivity contribution in [2.24, 2.45) is 11.8 Å². The predicted octanol–water partition coefficient (Wildman–Crippen LogP) is 6.38. The molecule has 166 valence electrons. The minimum absolute atomic E-state index is 0.0475. The van der Waals surface area contributed by atoms with Crippen LogP contribution in [0.15, 0.2) is 56.3 Å². The molecule has 0 spiro atoms. The highest BCUT2D eigenvalue weighted by molar-refractivity contribution is 7.21. The van der Waals surface area contributed by atoms with Crippen LogP contribution in [0, 0.1) is 18.8 Å². The maximum absolute atomic E-state index is 13.9. The molecule has 0 N–H and O–H groups in total. The largest absolute Gasteiger partial charge is 0.467 e. The SMILES string of the molecule is Cc1ccc2oc(=O)c3cc(C(=O)N(Cc4ccco4)[C@@H]4CCC[C@H](C)[C@@H]4C)sc3c2c1. The summed E-state index contributed by atoms with van der Waals surface area (Å²) in [6.07, 6.45) is 4.92. The van der Waals surface area contributed by atoms with Gasteiger partial charge in [0.1, 0.15) is 11.3 Å². The fraction of sp³-hybridized carbons (Fsp3) is 0.385. The highest BCUT2D eigenvalue weighted by atomic mass is 32.1. The zero-order valence-electron chi connectivity index (χ0n) is 18.6. The van der Waals surface area contributed by atoms with Gasteiger partial charge in [-0.05, 0) is 55.5 Å². The average Bonchev–Trinajstić information content (AvgIpc) is 3.45. The number of hydrogen-bond donors (Lipinski definition) is 0. The summed E-state index contributed by atoms with van der Waals surface area (Å²) in [5.41, 5.74) is 1.23. The van der Waals surface area contributed by atoms with Gasteiger partial charge in [-0.25, -0.2) is 4.79 Å². The van der Waals surface area contributed by atoms with Crippen LogP contribution in [-0.4, -0.2) is 16.8 Å². The first kappa shape index (κ1) is 21.0. The molecule has 4 aromatic rings. The number of carbonyl (C=O) groups excluding carboxylic acids is 1. The van der Waals surface area contributed by atoms with Crippen LogP contribution in [0.25, 0.3) is 21.1 Å². The third-order valence-corrected chi connectivity index (χ3v) is 8.13. The van der Waals surface area contributed by atoms with Gasteiger partial charge in [-0.3, -0.25) is 4.79 Å². The Morgan fingerprint density at radius 3 is 2.78 bits per heavy atom. The van der Waals surface area contributed by atoms with Crippen molar-refractivity contribution < 1.29 is 13.6 Å². The summed E-state index contributed by atoms with van der Waals surface area (Å²) >= 11 is 1.38. The molecular weight excluding hydrogens is 422 g/mol. The van der Waals surface area contributed by atoms with Gasteiger partial charge >= 0.3 is 5.63 Å². The van der Waals surface area contributed by atoms with Gasteiger partial charge in [-0.2, -0.15) is 0 Å². The molecule has 0 bridgehead atoms. The van der Waals surface area contributed by atoms with E-state index in [2.05, 4.69) is 13.8 Å². The Kier molecular flexibility index (Phi) is 5.41. The van der Waals surface area contributed by atoms with Crippen molar-refractivity contribution in [3.05, 3.63) is 69.3 Å². The number of carbonyl (C=O) groups is 1. The molecule has 1 aromatic carbocycles. The topological polar surface area (TPSA) is 63.7 Å². The fourth-order valence-electron chi connectivity index (χ4n) is 4.96. The van der Waals surface area contributed by atoms with E-state index >= 15 is 0 Å². The predicted molar refractivity (Wildman–Crippen MR) is 127 cm³/mol. The van der Waals surface area contributed by atoms with Crippen molar-refractivity contribution in [1.82, 2.24) is 4.90 Å². The summed E-state index contributed by atoms with van der Waals surface area (Å²) in [6, 6.07) is 11.4. The number of nitrogens with zero attached hydrogens (tertiary/aromatic N) is 1. The van der Waals surface area contributed by atoms with E-state index in [1.54, 1.807) is 12.3 Å². The van der Waals surface area contributed by atoms with E-state index in [1.807, 2.05) is 42.2 Å².